The highest BCUT2D eigenvalue weighted by molar-refractivity contribution is 5.81. The molecule has 1 saturated heterocycles. The van der Waals surface area contributed by atoms with Gasteiger partial charge in [-0.05, 0) is 45.2 Å². The van der Waals surface area contributed by atoms with Crippen molar-refractivity contribution in [3.63, 3.8) is 0 Å². The highest BCUT2D eigenvalue weighted by Gasteiger charge is 2.22. The lowest BCUT2D eigenvalue weighted by Crippen LogP contribution is -2.49. The van der Waals surface area contributed by atoms with Crippen molar-refractivity contribution < 1.29 is 4.79 Å². The van der Waals surface area contributed by atoms with Crippen molar-refractivity contribution in [2.75, 3.05) is 26.2 Å². The number of nitrogens with zero attached hydrogens (tertiary/aromatic N) is 1. The van der Waals surface area contributed by atoms with Crippen molar-refractivity contribution in [3.05, 3.63) is 0 Å². The molecule has 5 heteroatoms. The molecule has 0 aliphatic carbocycles. The van der Waals surface area contributed by atoms with Crippen LogP contribution in [0.5, 0.6) is 0 Å². The van der Waals surface area contributed by atoms with Crippen molar-refractivity contribution in [2.24, 2.45) is 11.5 Å². The second-order valence-corrected chi connectivity index (χ2v) is 9.76. The first kappa shape index (κ1) is 28.4. The van der Waals surface area contributed by atoms with Crippen LogP contribution in [-0.4, -0.2) is 49.1 Å². The van der Waals surface area contributed by atoms with Crippen molar-refractivity contribution in [1.82, 2.24) is 10.2 Å². The first-order chi connectivity index (χ1) is 15.2. The molecule has 0 saturated carbocycles. The van der Waals surface area contributed by atoms with Gasteiger partial charge in [0.25, 0.3) is 0 Å². The number of nitrogens with one attached hydrogen (secondary N) is 1. The molecular weight excluding hydrogens is 384 g/mol. The molecule has 1 atom stereocenters. The van der Waals surface area contributed by atoms with Gasteiger partial charge in [0.15, 0.2) is 0 Å². The summed E-state index contributed by atoms with van der Waals surface area (Å²) in [4.78, 5) is 14.8. The number of piperidine rings is 1. The number of hydrogen-bond donors (Lipinski definition) is 3. The van der Waals surface area contributed by atoms with Crippen molar-refractivity contribution in [1.29, 1.82) is 0 Å². The molecule has 1 aliphatic rings. The number of unbranched alkanes of at least 4 members (excludes halogenated alkanes) is 13. The maximum atomic E-state index is 12.2. The second kappa shape index (κ2) is 20.0. The summed E-state index contributed by atoms with van der Waals surface area (Å²) in [6, 6.07) is -0.0775. The third-order valence-electron chi connectivity index (χ3n) is 6.82. The average molecular weight is 439 g/mol. The van der Waals surface area contributed by atoms with Gasteiger partial charge < -0.3 is 21.7 Å². The lowest BCUT2D eigenvalue weighted by atomic mass is 10.0. The molecule has 0 bridgehead atoms. The number of hydrogen-bond acceptors (Lipinski definition) is 4. The van der Waals surface area contributed by atoms with Gasteiger partial charge in [-0.2, -0.15) is 0 Å². The first-order valence-electron chi connectivity index (χ1n) is 13.7. The van der Waals surface area contributed by atoms with E-state index < -0.39 is 0 Å². The van der Waals surface area contributed by atoms with Gasteiger partial charge in [0.05, 0.1) is 6.04 Å². The van der Waals surface area contributed by atoms with E-state index in [1.807, 2.05) is 0 Å². The highest BCUT2D eigenvalue weighted by Crippen LogP contribution is 2.15. The van der Waals surface area contributed by atoms with Crippen LogP contribution in [0.25, 0.3) is 0 Å². The Balaban J connectivity index is 1.90. The summed E-state index contributed by atoms with van der Waals surface area (Å²) in [7, 11) is 0. The van der Waals surface area contributed by atoms with E-state index in [0.29, 0.717) is 12.6 Å². The lowest BCUT2D eigenvalue weighted by molar-refractivity contribution is -0.123. The number of nitrogens with two attached hydrogens (primary N) is 2. The van der Waals surface area contributed by atoms with Gasteiger partial charge >= 0.3 is 0 Å². The van der Waals surface area contributed by atoms with Crippen LogP contribution in [0.2, 0.25) is 0 Å². The third-order valence-corrected chi connectivity index (χ3v) is 6.82. The lowest BCUT2D eigenvalue weighted by Gasteiger charge is -2.32. The zero-order chi connectivity index (χ0) is 22.6. The van der Waals surface area contributed by atoms with Crippen LogP contribution in [0.15, 0.2) is 0 Å². The highest BCUT2D eigenvalue weighted by atomic mass is 16.2. The molecule has 0 unspecified atom stereocenters. The minimum atomic E-state index is -0.379. The Labute approximate surface area is 193 Å². The van der Waals surface area contributed by atoms with Crippen LogP contribution in [0, 0.1) is 0 Å². The normalized spacial score (nSPS) is 16.5. The molecule has 184 valence electrons. The number of rotatable bonds is 20. The van der Waals surface area contributed by atoms with E-state index >= 15 is 0 Å². The molecule has 0 aromatic heterocycles. The van der Waals surface area contributed by atoms with Gasteiger partial charge in [0.2, 0.25) is 5.91 Å². The first-order valence-corrected chi connectivity index (χ1v) is 13.7. The SMILES string of the molecule is CCCCCCCCCCCCCCCN1CCC(NC(=O)[C@@H](N)CCCCN)CC1. The van der Waals surface area contributed by atoms with E-state index in [9.17, 15) is 4.79 Å². The van der Waals surface area contributed by atoms with E-state index in [2.05, 4.69) is 17.1 Å². The van der Waals surface area contributed by atoms with Gasteiger partial charge in [-0.25, -0.2) is 0 Å². The van der Waals surface area contributed by atoms with Gasteiger partial charge in [-0.15, -0.1) is 0 Å². The number of amides is 1. The van der Waals surface area contributed by atoms with Gasteiger partial charge in [-0.3, -0.25) is 4.79 Å². The average Bonchev–Trinajstić information content (AvgIpc) is 2.78. The molecule has 31 heavy (non-hydrogen) atoms. The molecule has 0 spiro atoms. The van der Waals surface area contributed by atoms with E-state index in [4.69, 9.17) is 11.5 Å². The van der Waals surface area contributed by atoms with E-state index in [1.165, 1.54) is 90.0 Å². The zero-order valence-corrected chi connectivity index (χ0v) is 20.7. The van der Waals surface area contributed by atoms with Crippen molar-refractivity contribution in [2.45, 2.75) is 135 Å². The maximum Gasteiger partial charge on any atom is 0.237 e. The van der Waals surface area contributed by atoms with Crippen LogP contribution in [0.4, 0.5) is 0 Å². The minimum Gasteiger partial charge on any atom is -0.352 e. The summed E-state index contributed by atoms with van der Waals surface area (Å²) in [6.07, 6.45) is 23.1. The van der Waals surface area contributed by atoms with E-state index in [0.717, 1.165) is 45.2 Å². The maximum absolute atomic E-state index is 12.2. The summed E-state index contributed by atoms with van der Waals surface area (Å²) < 4.78 is 0. The monoisotopic (exact) mass is 438 g/mol. The predicted molar refractivity (Wildman–Crippen MR) is 134 cm³/mol. The summed E-state index contributed by atoms with van der Waals surface area (Å²) in [5.41, 5.74) is 11.5. The summed E-state index contributed by atoms with van der Waals surface area (Å²) in [5, 5.41) is 3.16. The van der Waals surface area contributed by atoms with Crippen LogP contribution >= 0.6 is 0 Å². The molecule has 0 aromatic rings. The Morgan fingerprint density at radius 1 is 0.839 bits per heavy atom. The molecule has 0 aromatic carbocycles. The number of likely N-dealkylation sites (tertiary alicyclic amines) is 1. The summed E-state index contributed by atoms with van der Waals surface area (Å²) >= 11 is 0. The smallest absolute Gasteiger partial charge is 0.237 e. The zero-order valence-electron chi connectivity index (χ0n) is 20.7. The molecular formula is C26H54N4O. The Morgan fingerprint density at radius 2 is 1.35 bits per heavy atom. The van der Waals surface area contributed by atoms with Crippen molar-refractivity contribution in [3.8, 4) is 0 Å². The standard InChI is InChI=1S/C26H54N4O/c1-2-3-4-5-6-7-8-9-10-11-12-13-16-21-30-22-18-24(19-23-30)29-26(31)25(28)17-14-15-20-27/h24-25H,2-23,27-28H2,1H3,(H,29,31)/t25-/m0/s1. The van der Waals surface area contributed by atoms with Crippen LogP contribution in [0.3, 0.4) is 0 Å². The molecule has 5 nitrogen and oxygen atoms in total. The van der Waals surface area contributed by atoms with E-state index in [1.54, 1.807) is 0 Å². The number of carbonyl (C=O) groups is 1. The van der Waals surface area contributed by atoms with Gasteiger partial charge in [0, 0.05) is 19.1 Å². The summed E-state index contributed by atoms with van der Waals surface area (Å²) in [6.45, 7) is 6.38. The van der Waals surface area contributed by atoms with Crippen LogP contribution < -0.4 is 16.8 Å². The fourth-order valence-corrected chi connectivity index (χ4v) is 4.60. The predicted octanol–water partition coefficient (Wildman–Crippen LogP) is 5.11. The summed E-state index contributed by atoms with van der Waals surface area (Å²) in [5.74, 6) is 0.0203. The quantitative estimate of drug-likeness (QED) is 0.230. The van der Waals surface area contributed by atoms with Crippen LogP contribution in [-0.2, 0) is 4.79 Å². The molecule has 1 heterocycles. The Hall–Kier alpha value is -0.650. The molecule has 1 fully saturated rings. The third kappa shape index (κ3) is 15.7. The van der Waals surface area contributed by atoms with Crippen LogP contribution in [0.1, 0.15) is 122 Å². The van der Waals surface area contributed by atoms with Crippen molar-refractivity contribution >= 4 is 5.91 Å². The Kier molecular flexibility index (Phi) is 18.3. The fraction of sp³-hybridized carbons (Fsp3) is 0.962. The minimum absolute atomic E-state index is 0.0203. The van der Waals surface area contributed by atoms with Gasteiger partial charge in [-0.1, -0.05) is 90.4 Å². The Morgan fingerprint density at radius 3 is 1.87 bits per heavy atom. The van der Waals surface area contributed by atoms with Gasteiger partial charge in [0.1, 0.15) is 0 Å². The number of carbonyl (C=O) groups excluding carboxylic acids is 1. The topological polar surface area (TPSA) is 84.4 Å². The molecule has 0 radical (unpaired) electrons. The molecule has 1 amide bonds. The molecule has 1 aliphatic heterocycles. The molecule has 5 N–H and O–H groups in total. The molecule has 1 rings (SSSR count). The second-order valence-electron chi connectivity index (χ2n) is 9.76. The largest absolute Gasteiger partial charge is 0.352 e. The van der Waals surface area contributed by atoms with E-state index in [-0.39, 0.29) is 11.9 Å². The Bertz CT molecular complexity index is 410. The fourth-order valence-electron chi connectivity index (χ4n) is 4.60.